The molecule has 2 N–H and O–H groups in total. The molecule has 4 heteroatoms. The predicted octanol–water partition coefficient (Wildman–Crippen LogP) is 1.14. The lowest BCUT2D eigenvalue weighted by molar-refractivity contribution is -0.122. The van der Waals surface area contributed by atoms with Crippen molar-refractivity contribution in [3.05, 3.63) is 53.3 Å². The van der Waals surface area contributed by atoms with Crippen molar-refractivity contribution in [3.8, 4) is 0 Å². The minimum absolute atomic E-state index is 0.291. The Morgan fingerprint density at radius 3 is 2.89 bits per heavy atom. The lowest BCUT2D eigenvalue weighted by atomic mass is 9.76. The van der Waals surface area contributed by atoms with Crippen molar-refractivity contribution in [2.24, 2.45) is 12.8 Å². The molecule has 1 atom stereocenters. The van der Waals surface area contributed by atoms with Crippen molar-refractivity contribution in [1.29, 1.82) is 0 Å². The fraction of sp³-hybridized carbons (Fsp3) is 0.286. The zero-order chi connectivity index (χ0) is 12.8. The number of carbonyl (C=O) groups is 1. The summed E-state index contributed by atoms with van der Waals surface area (Å²) < 4.78 is 1.71. The van der Waals surface area contributed by atoms with E-state index in [-0.39, 0.29) is 5.91 Å². The largest absolute Gasteiger partial charge is 0.369 e. The summed E-state index contributed by atoms with van der Waals surface area (Å²) in [6, 6.07) is 8.02. The Hall–Kier alpha value is -2.10. The van der Waals surface area contributed by atoms with Gasteiger partial charge in [-0.3, -0.25) is 9.48 Å². The number of fused-ring (bicyclic) bond motifs is 1. The van der Waals surface area contributed by atoms with E-state index in [1.54, 1.807) is 10.9 Å². The van der Waals surface area contributed by atoms with Gasteiger partial charge >= 0.3 is 0 Å². The van der Waals surface area contributed by atoms with Gasteiger partial charge < -0.3 is 5.73 Å². The van der Waals surface area contributed by atoms with E-state index in [9.17, 15) is 4.79 Å². The molecule has 0 radical (unpaired) electrons. The van der Waals surface area contributed by atoms with Crippen LogP contribution in [0.3, 0.4) is 0 Å². The molecular formula is C14H15N3O. The summed E-state index contributed by atoms with van der Waals surface area (Å²) in [7, 11) is 1.85. The number of benzene rings is 1. The Balaban J connectivity index is 2.24. The summed E-state index contributed by atoms with van der Waals surface area (Å²) in [4.78, 5) is 12.1. The number of carbonyl (C=O) groups excluding carboxylic acids is 1. The van der Waals surface area contributed by atoms with Gasteiger partial charge in [-0.25, -0.2) is 0 Å². The van der Waals surface area contributed by atoms with E-state index in [1.165, 1.54) is 5.56 Å². The highest BCUT2D eigenvalue weighted by Crippen LogP contribution is 2.43. The minimum atomic E-state index is -0.704. The van der Waals surface area contributed by atoms with Crippen molar-refractivity contribution in [2.75, 3.05) is 0 Å². The van der Waals surface area contributed by atoms with Gasteiger partial charge in [-0.15, -0.1) is 0 Å². The molecule has 0 spiro atoms. The quantitative estimate of drug-likeness (QED) is 0.857. The number of aryl methyl sites for hydroxylation is 2. The number of nitrogens with two attached hydrogens (primary N) is 1. The second-order valence-corrected chi connectivity index (χ2v) is 4.83. The maximum Gasteiger partial charge on any atom is 0.232 e. The number of amides is 1. The first-order valence-electron chi connectivity index (χ1n) is 6.02. The van der Waals surface area contributed by atoms with Gasteiger partial charge in [0.15, 0.2) is 0 Å². The summed E-state index contributed by atoms with van der Waals surface area (Å²) in [5.41, 5.74) is 8.14. The molecule has 1 aromatic carbocycles. The zero-order valence-electron chi connectivity index (χ0n) is 10.3. The molecule has 0 saturated heterocycles. The van der Waals surface area contributed by atoms with E-state index in [0.29, 0.717) is 0 Å². The normalized spacial score (nSPS) is 21.8. The average molecular weight is 241 g/mol. The lowest BCUT2D eigenvalue weighted by Gasteiger charge is -2.25. The van der Waals surface area contributed by atoms with E-state index in [2.05, 4.69) is 11.2 Å². The molecule has 0 saturated carbocycles. The average Bonchev–Trinajstić information content (AvgIpc) is 2.93. The van der Waals surface area contributed by atoms with Gasteiger partial charge in [0.05, 0.1) is 6.20 Å². The Kier molecular flexibility index (Phi) is 2.26. The van der Waals surface area contributed by atoms with Gasteiger partial charge in [-0.1, -0.05) is 24.3 Å². The maximum atomic E-state index is 12.1. The van der Waals surface area contributed by atoms with Crippen LogP contribution in [0.2, 0.25) is 0 Å². The molecule has 18 heavy (non-hydrogen) atoms. The number of hydrogen-bond acceptors (Lipinski definition) is 2. The third-order valence-corrected chi connectivity index (χ3v) is 3.86. The Morgan fingerprint density at radius 2 is 2.22 bits per heavy atom. The lowest BCUT2D eigenvalue weighted by Crippen LogP contribution is -2.40. The van der Waals surface area contributed by atoms with E-state index in [0.717, 1.165) is 24.0 Å². The van der Waals surface area contributed by atoms with E-state index in [4.69, 9.17) is 5.73 Å². The monoisotopic (exact) mass is 241 g/mol. The van der Waals surface area contributed by atoms with Crippen LogP contribution < -0.4 is 5.73 Å². The standard InChI is InChI=1S/C14H15N3O/c1-17-9-11(8-16-17)14(13(15)18)7-6-10-4-2-3-5-12(10)14/h2-5,8-9H,6-7H2,1H3,(H2,15,18). The number of primary amides is 1. The van der Waals surface area contributed by atoms with Crippen LogP contribution in [0.15, 0.2) is 36.7 Å². The molecule has 1 unspecified atom stereocenters. The van der Waals surface area contributed by atoms with Crippen LogP contribution in [-0.4, -0.2) is 15.7 Å². The molecule has 1 amide bonds. The molecular weight excluding hydrogens is 226 g/mol. The van der Waals surface area contributed by atoms with Crippen molar-refractivity contribution in [1.82, 2.24) is 9.78 Å². The molecule has 1 heterocycles. The van der Waals surface area contributed by atoms with Crippen LogP contribution in [-0.2, 0) is 23.7 Å². The van der Waals surface area contributed by atoms with Gasteiger partial charge in [0.25, 0.3) is 0 Å². The van der Waals surface area contributed by atoms with E-state index >= 15 is 0 Å². The summed E-state index contributed by atoms with van der Waals surface area (Å²) in [5.74, 6) is -0.291. The predicted molar refractivity (Wildman–Crippen MR) is 67.9 cm³/mol. The van der Waals surface area contributed by atoms with Crippen LogP contribution in [0.5, 0.6) is 0 Å². The first kappa shape index (κ1) is 11.0. The highest BCUT2D eigenvalue weighted by molar-refractivity contribution is 5.92. The molecule has 92 valence electrons. The van der Waals surface area contributed by atoms with Crippen molar-refractivity contribution in [3.63, 3.8) is 0 Å². The van der Waals surface area contributed by atoms with E-state index < -0.39 is 5.41 Å². The SMILES string of the molecule is Cn1cc(C2(C(N)=O)CCc3ccccc32)cn1. The van der Waals surface area contributed by atoms with Crippen LogP contribution >= 0.6 is 0 Å². The van der Waals surface area contributed by atoms with Crippen molar-refractivity contribution in [2.45, 2.75) is 18.3 Å². The molecule has 1 aliphatic rings. The Labute approximate surface area is 105 Å². The summed E-state index contributed by atoms with van der Waals surface area (Å²) in [6.45, 7) is 0. The fourth-order valence-electron chi connectivity index (χ4n) is 2.95. The van der Waals surface area contributed by atoms with Gasteiger partial charge in [0.1, 0.15) is 5.41 Å². The molecule has 0 aliphatic heterocycles. The number of aromatic nitrogens is 2. The highest BCUT2D eigenvalue weighted by atomic mass is 16.1. The first-order chi connectivity index (χ1) is 8.64. The molecule has 3 rings (SSSR count). The number of nitrogens with zero attached hydrogens (tertiary/aromatic N) is 2. The van der Waals surface area contributed by atoms with Crippen LogP contribution in [0, 0.1) is 0 Å². The minimum Gasteiger partial charge on any atom is -0.369 e. The smallest absolute Gasteiger partial charge is 0.232 e. The molecule has 2 aromatic rings. The van der Waals surface area contributed by atoms with Crippen LogP contribution in [0.4, 0.5) is 0 Å². The Bertz CT molecular complexity index is 617. The summed E-state index contributed by atoms with van der Waals surface area (Å²) >= 11 is 0. The number of rotatable bonds is 2. The molecule has 1 aromatic heterocycles. The molecule has 0 bridgehead atoms. The van der Waals surface area contributed by atoms with Gasteiger partial charge in [0, 0.05) is 18.8 Å². The van der Waals surface area contributed by atoms with Crippen molar-refractivity contribution < 1.29 is 4.79 Å². The Morgan fingerprint density at radius 1 is 1.44 bits per heavy atom. The second kappa shape index (κ2) is 3.70. The highest BCUT2D eigenvalue weighted by Gasteiger charge is 2.46. The van der Waals surface area contributed by atoms with Crippen LogP contribution in [0.1, 0.15) is 23.1 Å². The van der Waals surface area contributed by atoms with Gasteiger partial charge in [-0.05, 0) is 24.0 Å². The fourth-order valence-corrected chi connectivity index (χ4v) is 2.95. The van der Waals surface area contributed by atoms with Gasteiger partial charge in [-0.2, -0.15) is 5.10 Å². The van der Waals surface area contributed by atoms with Crippen LogP contribution in [0.25, 0.3) is 0 Å². The van der Waals surface area contributed by atoms with E-state index in [1.807, 2.05) is 31.4 Å². The van der Waals surface area contributed by atoms with Gasteiger partial charge in [0.2, 0.25) is 5.91 Å². The van der Waals surface area contributed by atoms with Crippen molar-refractivity contribution >= 4 is 5.91 Å². The molecule has 4 nitrogen and oxygen atoms in total. The zero-order valence-corrected chi connectivity index (χ0v) is 10.3. The summed E-state index contributed by atoms with van der Waals surface area (Å²) in [5, 5.41) is 4.17. The molecule has 0 fully saturated rings. The maximum absolute atomic E-state index is 12.1. The third kappa shape index (κ3) is 1.32. The topological polar surface area (TPSA) is 60.9 Å². The first-order valence-corrected chi connectivity index (χ1v) is 6.02. The summed E-state index contributed by atoms with van der Waals surface area (Å²) in [6.07, 6.45) is 5.24. The number of hydrogen-bond donors (Lipinski definition) is 1. The second-order valence-electron chi connectivity index (χ2n) is 4.83. The molecule has 1 aliphatic carbocycles. The third-order valence-electron chi connectivity index (χ3n) is 3.86.